The third kappa shape index (κ3) is 8.30. The van der Waals surface area contributed by atoms with Crippen LogP contribution in [0.15, 0.2) is 35.2 Å². The fraction of sp³-hybridized carbons (Fsp3) is 0.650. The summed E-state index contributed by atoms with van der Waals surface area (Å²) in [5.74, 6) is 0. The van der Waals surface area contributed by atoms with Crippen molar-refractivity contribution in [1.29, 1.82) is 0 Å². The largest absolute Gasteiger partial charge is 0.444 e. The van der Waals surface area contributed by atoms with Crippen molar-refractivity contribution in [1.82, 2.24) is 4.90 Å². The van der Waals surface area contributed by atoms with E-state index in [1.54, 1.807) is 42.3 Å². The van der Waals surface area contributed by atoms with Crippen molar-refractivity contribution in [3.63, 3.8) is 0 Å². The van der Waals surface area contributed by atoms with Gasteiger partial charge in [-0.15, -0.1) is 0 Å². The summed E-state index contributed by atoms with van der Waals surface area (Å²) < 4.78 is 30.4. The van der Waals surface area contributed by atoms with E-state index in [9.17, 15) is 18.3 Å². The fourth-order valence-corrected chi connectivity index (χ4v) is 4.25. The normalized spacial score (nSPS) is 13.2. The number of nitrogens with zero attached hydrogens (tertiary/aromatic N) is 1. The van der Waals surface area contributed by atoms with Gasteiger partial charge in [0.1, 0.15) is 5.60 Å². The highest BCUT2D eigenvalue weighted by molar-refractivity contribution is 7.92. The van der Waals surface area contributed by atoms with Gasteiger partial charge in [0, 0.05) is 13.6 Å². The number of hydrogen-bond donors (Lipinski definition) is 1. The lowest BCUT2D eigenvalue weighted by Gasteiger charge is -2.24. The Morgan fingerprint density at radius 3 is 2.26 bits per heavy atom. The molecule has 27 heavy (non-hydrogen) atoms. The number of carbonyl (C=O) groups is 1. The van der Waals surface area contributed by atoms with E-state index in [1.165, 1.54) is 0 Å². The van der Waals surface area contributed by atoms with Crippen molar-refractivity contribution in [2.45, 2.75) is 68.6 Å². The molecule has 0 saturated heterocycles. The lowest BCUT2D eigenvalue weighted by Crippen LogP contribution is -2.34. The minimum atomic E-state index is -3.51. The van der Waals surface area contributed by atoms with Crippen molar-refractivity contribution < 1.29 is 23.1 Å². The van der Waals surface area contributed by atoms with Crippen molar-refractivity contribution >= 4 is 15.9 Å². The Balaban J connectivity index is 2.33. The molecule has 0 aliphatic carbocycles. The van der Waals surface area contributed by atoms with E-state index in [2.05, 4.69) is 0 Å². The smallest absolute Gasteiger partial charge is 0.410 e. The number of aliphatic hydroxyl groups excluding tert-OH is 1. The first-order valence-corrected chi connectivity index (χ1v) is 11.0. The molecule has 7 heteroatoms. The molecule has 154 valence electrons. The minimum Gasteiger partial charge on any atom is -0.444 e. The first-order valence-electron chi connectivity index (χ1n) is 9.42. The number of rotatable bonds is 10. The van der Waals surface area contributed by atoms with Crippen LogP contribution in [-0.2, 0) is 14.6 Å². The van der Waals surface area contributed by atoms with Gasteiger partial charge in [-0.05, 0) is 45.7 Å². The SMILES string of the molecule is CN(CCCCCCC(CO)S(=O)(=O)c1ccccc1)C(=O)OC(C)(C)C. The predicted molar refractivity (Wildman–Crippen MR) is 106 cm³/mol. The van der Waals surface area contributed by atoms with Crippen LogP contribution in [-0.4, -0.2) is 55.6 Å². The Labute approximate surface area is 163 Å². The molecule has 6 nitrogen and oxygen atoms in total. The maximum absolute atomic E-state index is 12.5. The van der Waals surface area contributed by atoms with Crippen LogP contribution in [0.5, 0.6) is 0 Å². The second kappa shape index (κ2) is 10.7. The van der Waals surface area contributed by atoms with Gasteiger partial charge in [0.05, 0.1) is 16.8 Å². The molecule has 1 aromatic rings. The van der Waals surface area contributed by atoms with Crippen LogP contribution in [0.2, 0.25) is 0 Å². The molecule has 0 fully saturated rings. The standard InChI is InChI=1S/C20H33NO5S/c1-20(2,3)26-19(23)21(4)15-11-6-5-8-14-18(16-22)27(24,25)17-12-9-7-10-13-17/h7,9-10,12-13,18,22H,5-6,8,11,14-16H2,1-4H3. The molecule has 1 atom stereocenters. The lowest BCUT2D eigenvalue weighted by molar-refractivity contribution is 0.0296. The van der Waals surface area contributed by atoms with E-state index in [-0.39, 0.29) is 17.6 Å². The van der Waals surface area contributed by atoms with Gasteiger partial charge >= 0.3 is 6.09 Å². The molecular formula is C20H33NO5S. The van der Waals surface area contributed by atoms with Gasteiger partial charge in [-0.2, -0.15) is 0 Å². The Bertz CT molecular complexity index is 667. The van der Waals surface area contributed by atoms with E-state index < -0.39 is 20.7 Å². The highest BCUT2D eigenvalue weighted by atomic mass is 32.2. The van der Waals surface area contributed by atoms with Gasteiger partial charge in [0.15, 0.2) is 9.84 Å². The number of aliphatic hydroxyl groups is 1. The summed E-state index contributed by atoms with van der Waals surface area (Å²) in [4.78, 5) is 13.7. The van der Waals surface area contributed by atoms with Gasteiger partial charge in [-0.3, -0.25) is 0 Å². The molecule has 1 N–H and O–H groups in total. The number of carbonyl (C=O) groups excluding carboxylic acids is 1. The van der Waals surface area contributed by atoms with Crippen molar-refractivity contribution in [2.75, 3.05) is 20.2 Å². The number of unbranched alkanes of at least 4 members (excludes halogenated alkanes) is 3. The molecule has 0 aliphatic rings. The van der Waals surface area contributed by atoms with E-state index in [4.69, 9.17) is 4.74 Å². The zero-order chi connectivity index (χ0) is 20.5. The number of benzene rings is 1. The van der Waals surface area contributed by atoms with Crippen LogP contribution in [0.3, 0.4) is 0 Å². The monoisotopic (exact) mass is 399 g/mol. The van der Waals surface area contributed by atoms with Crippen molar-refractivity contribution in [2.24, 2.45) is 0 Å². The molecule has 0 radical (unpaired) electrons. The second-order valence-electron chi connectivity index (χ2n) is 7.77. The number of sulfone groups is 1. The highest BCUT2D eigenvalue weighted by Crippen LogP contribution is 2.20. The number of hydrogen-bond acceptors (Lipinski definition) is 5. The Morgan fingerprint density at radius 2 is 1.70 bits per heavy atom. The molecule has 0 bridgehead atoms. The Morgan fingerprint density at radius 1 is 1.11 bits per heavy atom. The predicted octanol–water partition coefficient (Wildman–Crippen LogP) is 3.64. The third-order valence-electron chi connectivity index (χ3n) is 4.19. The molecule has 1 rings (SSSR count). The molecule has 1 aromatic carbocycles. The Kier molecular flexibility index (Phi) is 9.26. The lowest BCUT2D eigenvalue weighted by atomic mass is 10.1. The Hall–Kier alpha value is -1.60. The maximum atomic E-state index is 12.5. The van der Waals surface area contributed by atoms with Crippen LogP contribution in [0.25, 0.3) is 0 Å². The minimum absolute atomic E-state index is 0.253. The van der Waals surface area contributed by atoms with Gasteiger partial charge in [0.25, 0.3) is 0 Å². The second-order valence-corrected chi connectivity index (χ2v) is 10.00. The third-order valence-corrected chi connectivity index (χ3v) is 6.38. The number of amides is 1. The average molecular weight is 400 g/mol. The number of ether oxygens (including phenoxy) is 1. The maximum Gasteiger partial charge on any atom is 0.410 e. The summed E-state index contributed by atoms with van der Waals surface area (Å²) in [6, 6.07) is 8.25. The van der Waals surface area contributed by atoms with Gasteiger partial charge < -0.3 is 14.7 Å². The summed E-state index contributed by atoms with van der Waals surface area (Å²) in [7, 11) is -1.79. The van der Waals surface area contributed by atoms with Crippen LogP contribution < -0.4 is 0 Å². The van der Waals surface area contributed by atoms with E-state index >= 15 is 0 Å². The summed E-state index contributed by atoms with van der Waals surface area (Å²) in [5, 5.41) is 8.74. The fourth-order valence-electron chi connectivity index (χ4n) is 2.65. The van der Waals surface area contributed by atoms with E-state index in [0.717, 1.165) is 19.3 Å². The van der Waals surface area contributed by atoms with Gasteiger partial charge in [-0.1, -0.05) is 37.5 Å². The van der Waals surface area contributed by atoms with Crippen molar-refractivity contribution in [3.05, 3.63) is 30.3 Å². The molecule has 0 aromatic heterocycles. The van der Waals surface area contributed by atoms with Crippen LogP contribution >= 0.6 is 0 Å². The van der Waals surface area contributed by atoms with Gasteiger partial charge in [0.2, 0.25) is 0 Å². The molecular weight excluding hydrogens is 366 g/mol. The zero-order valence-electron chi connectivity index (χ0n) is 16.8. The van der Waals surface area contributed by atoms with Crippen LogP contribution in [0, 0.1) is 0 Å². The van der Waals surface area contributed by atoms with Crippen LogP contribution in [0.1, 0.15) is 52.9 Å². The quantitative estimate of drug-likeness (QED) is 0.607. The molecule has 1 unspecified atom stereocenters. The summed E-state index contributed by atoms with van der Waals surface area (Å²) in [6.45, 7) is 5.72. The van der Waals surface area contributed by atoms with Crippen LogP contribution in [0.4, 0.5) is 4.79 Å². The first-order chi connectivity index (χ1) is 12.6. The highest BCUT2D eigenvalue weighted by Gasteiger charge is 2.26. The summed E-state index contributed by atoms with van der Waals surface area (Å²) in [5.41, 5.74) is -0.505. The summed E-state index contributed by atoms with van der Waals surface area (Å²) in [6.07, 6.45) is 3.37. The molecule has 0 aliphatic heterocycles. The van der Waals surface area contributed by atoms with E-state index in [0.29, 0.717) is 19.4 Å². The summed E-state index contributed by atoms with van der Waals surface area (Å²) >= 11 is 0. The van der Waals surface area contributed by atoms with Crippen molar-refractivity contribution in [3.8, 4) is 0 Å². The molecule has 1 amide bonds. The van der Waals surface area contributed by atoms with E-state index in [1.807, 2.05) is 20.8 Å². The first kappa shape index (κ1) is 23.4. The molecule has 0 spiro atoms. The topological polar surface area (TPSA) is 83.9 Å². The average Bonchev–Trinajstić information content (AvgIpc) is 2.60. The zero-order valence-corrected chi connectivity index (χ0v) is 17.7. The molecule has 0 heterocycles. The molecule has 0 saturated carbocycles. The van der Waals surface area contributed by atoms with Gasteiger partial charge in [-0.25, -0.2) is 13.2 Å².